The summed E-state index contributed by atoms with van der Waals surface area (Å²) in [6.07, 6.45) is 2.91. The van der Waals surface area contributed by atoms with Gasteiger partial charge in [-0.15, -0.1) is 11.3 Å². The number of thiophene rings is 1. The molecule has 8 nitrogen and oxygen atoms in total. The zero-order valence-electron chi connectivity index (χ0n) is 21.6. The highest BCUT2D eigenvalue weighted by Crippen LogP contribution is 2.44. The van der Waals surface area contributed by atoms with Crippen LogP contribution in [0.2, 0.25) is 0 Å². The Hall–Kier alpha value is -2.43. The number of aliphatic hydroxyl groups excluding tert-OH is 1. The fourth-order valence-electron chi connectivity index (χ4n) is 5.02. The minimum absolute atomic E-state index is 0.0174. The van der Waals surface area contributed by atoms with Gasteiger partial charge < -0.3 is 20.5 Å². The van der Waals surface area contributed by atoms with Gasteiger partial charge >= 0.3 is 0 Å². The van der Waals surface area contributed by atoms with Gasteiger partial charge in [-0.05, 0) is 54.7 Å². The van der Waals surface area contributed by atoms with Gasteiger partial charge in [-0.25, -0.2) is 8.42 Å². The van der Waals surface area contributed by atoms with Crippen LogP contribution in [0.15, 0.2) is 24.3 Å². The predicted octanol–water partition coefficient (Wildman–Crippen LogP) is 3.48. The van der Waals surface area contributed by atoms with Crippen LogP contribution in [0, 0.1) is 11.3 Å². The van der Waals surface area contributed by atoms with Gasteiger partial charge in [-0.3, -0.25) is 9.59 Å². The second kappa shape index (κ2) is 11.1. The van der Waals surface area contributed by atoms with Crippen LogP contribution in [0.25, 0.3) is 0 Å². The van der Waals surface area contributed by atoms with Crippen molar-refractivity contribution in [2.24, 2.45) is 11.3 Å². The molecule has 0 radical (unpaired) electrons. The highest BCUT2D eigenvalue weighted by Gasteiger charge is 2.35. The first kappa shape index (κ1) is 27.6. The van der Waals surface area contributed by atoms with Gasteiger partial charge in [0.05, 0.1) is 22.6 Å². The minimum Gasteiger partial charge on any atom is -0.490 e. The number of fused-ring (bicyclic) bond motifs is 1. The van der Waals surface area contributed by atoms with E-state index in [1.807, 2.05) is 0 Å². The Morgan fingerprint density at radius 3 is 2.70 bits per heavy atom. The number of benzene rings is 1. The molecule has 1 fully saturated rings. The molecule has 1 aliphatic carbocycles. The van der Waals surface area contributed by atoms with E-state index in [2.05, 4.69) is 31.4 Å². The Bertz CT molecular complexity index is 1250. The topological polar surface area (TPSA) is 122 Å². The summed E-state index contributed by atoms with van der Waals surface area (Å²) in [4.78, 5) is 25.8. The Morgan fingerprint density at radius 2 is 2.03 bits per heavy atom. The maximum Gasteiger partial charge on any atom is 0.254 e. The summed E-state index contributed by atoms with van der Waals surface area (Å²) in [5.41, 5.74) is 2.16. The molecule has 2 heterocycles. The van der Waals surface area contributed by atoms with E-state index in [9.17, 15) is 23.1 Å². The number of hydrogen-bond donors (Lipinski definition) is 3. The van der Waals surface area contributed by atoms with Crippen molar-refractivity contribution in [3.8, 4) is 5.75 Å². The highest BCUT2D eigenvalue weighted by molar-refractivity contribution is 7.91. The molecule has 2 aliphatic rings. The van der Waals surface area contributed by atoms with Crippen molar-refractivity contribution in [1.29, 1.82) is 0 Å². The molecule has 10 heteroatoms. The lowest BCUT2D eigenvalue weighted by atomic mass is 9.72. The van der Waals surface area contributed by atoms with Gasteiger partial charge in [0.2, 0.25) is 0 Å². The van der Waals surface area contributed by atoms with Gasteiger partial charge in [0.15, 0.2) is 16.1 Å². The van der Waals surface area contributed by atoms with E-state index in [0.717, 1.165) is 24.8 Å². The van der Waals surface area contributed by atoms with Gasteiger partial charge in [0, 0.05) is 17.5 Å². The Kier molecular flexibility index (Phi) is 8.30. The summed E-state index contributed by atoms with van der Waals surface area (Å²) in [5.74, 6) is 0.708. The van der Waals surface area contributed by atoms with Crippen LogP contribution in [-0.2, 0) is 22.7 Å². The van der Waals surface area contributed by atoms with Gasteiger partial charge in [0.1, 0.15) is 23.5 Å². The fraction of sp³-hybridized carbons (Fsp3) is 0.556. The summed E-state index contributed by atoms with van der Waals surface area (Å²) in [5, 5.41) is 17.4. The molecule has 1 aliphatic heterocycles. The van der Waals surface area contributed by atoms with Gasteiger partial charge in [-0.2, -0.15) is 0 Å². The third kappa shape index (κ3) is 6.72. The standard InChI is InChI=1S/C27H36N2O6S2/c1-27(2,3)18-8-9-21-23(12-18)36-26(24(21)25(32)29-19-10-11-37(33,34)16-19)28-13-20(31)15-35-22-7-5-4-6-17(22)14-30/h4-7,14,18-20,28,31H,8-13,15-16H2,1-3H3,(H,29,32). The number of aliphatic hydroxyl groups is 1. The monoisotopic (exact) mass is 548 g/mol. The van der Waals surface area contributed by atoms with E-state index in [4.69, 9.17) is 4.74 Å². The van der Waals surface area contributed by atoms with E-state index < -0.39 is 15.9 Å². The van der Waals surface area contributed by atoms with E-state index in [1.54, 1.807) is 35.6 Å². The number of carbonyl (C=O) groups is 2. The smallest absolute Gasteiger partial charge is 0.254 e. The Balaban J connectivity index is 1.48. The first-order valence-electron chi connectivity index (χ1n) is 12.7. The summed E-state index contributed by atoms with van der Waals surface area (Å²) in [6, 6.07) is 6.44. The molecular weight excluding hydrogens is 512 g/mol. The van der Waals surface area contributed by atoms with Crippen LogP contribution in [0.5, 0.6) is 5.75 Å². The number of hydrogen-bond acceptors (Lipinski definition) is 8. The van der Waals surface area contributed by atoms with Crippen molar-refractivity contribution in [2.45, 2.75) is 58.6 Å². The first-order chi connectivity index (χ1) is 17.5. The molecule has 1 amide bonds. The molecule has 3 N–H and O–H groups in total. The first-order valence-corrected chi connectivity index (χ1v) is 15.4. The van der Waals surface area contributed by atoms with E-state index >= 15 is 0 Å². The fourth-order valence-corrected chi connectivity index (χ4v) is 8.03. The summed E-state index contributed by atoms with van der Waals surface area (Å²) in [6.45, 7) is 6.86. The van der Waals surface area contributed by atoms with Crippen LogP contribution >= 0.6 is 11.3 Å². The van der Waals surface area contributed by atoms with Crippen molar-refractivity contribution >= 4 is 38.4 Å². The number of aldehydes is 1. The average Bonchev–Trinajstić information content (AvgIpc) is 3.39. The number of carbonyl (C=O) groups excluding carboxylic acids is 2. The normalized spacial score (nSPS) is 21.6. The molecule has 0 saturated carbocycles. The van der Waals surface area contributed by atoms with Crippen LogP contribution in [-0.4, -0.2) is 62.5 Å². The van der Waals surface area contributed by atoms with E-state index in [1.165, 1.54) is 4.88 Å². The SMILES string of the molecule is CC(C)(C)C1CCc2c(sc(NCC(O)COc3ccccc3C=O)c2C(=O)NC2CCS(=O)(=O)C2)C1. The van der Waals surface area contributed by atoms with Crippen LogP contribution < -0.4 is 15.4 Å². The van der Waals surface area contributed by atoms with Gasteiger partial charge in [0.25, 0.3) is 5.91 Å². The number of anilines is 1. The van der Waals surface area contributed by atoms with Crippen molar-refractivity contribution in [1.82, 2.24) is 5.32 Å². The number of ether oxygens (including phenoxy) is 1. The zero-order valence-corrected chi connectivity index (χ0v) is 23.2. The maximum absolute atomic E-state index is 13.4. The number of nitrogens with one attached hydrogen (secondary N) is 2. The zero-order chi connectivity index (χ0) is 26.8. The van der Waals surface area contributed by atoms with E-state index in [0.29, 0.717) is 40.5 Å². The Morgan fingerprint density at radius 1 is 1.27 bits per heavy atom. The molecule has 1 aromatic carbocycles. The summed E-state index contributed by atoms with van der Waals surface area (Å²) < 4.78 is 29.4. The largest absolute Gasteiger partial charge is 0.490 e. The molecule has 3 unspecified atom stereocenters. The summed E-state index contributed by atoms with van der Waals surface area (Å²) >= 11 is 1.54. The molecule has 0 bridgehead atoms. The number of rotatable bonds is 9. The van der Waals surface area contributed by atoms with Crippen LogP contribution in [0.4, 0.5) is 5.00 Å². The minimum atomic E-state index is -3.11. The Labute approximate surface area is 222 Å². The number of sulfone groups is 1. The third-order valence-corrected chi connectivity index (χ3v) is 10.2. The summed E-state index contributed by atoms with van der Waals surface area (Å²) in [7, 11) is -3.11. The van der Waals surface area contributed by atoms with Crippen molar-refractivity contribution < 1.29 is 27.9 Å². The molecule has 2 aromatic rings. The highest BCUT2D eigenvalue weighted by atomic mass is 32.2. The lowest BCUT2D eigenvalue weighted by Gasteiger charge is -2.33. The lowest BCUT2D eigenvalue weighted by Crippen LogP contribution is -2.36. The molecule has 1 saturated heterocycles. The van der Waals surface area contributed by atoms with E-state index in [-0.39, 0.29) is 42.0 Å². The molecule has 3 atom stereocenters. The van der Waals surface area contributed by atoms with Crippen molar-refractivity contribution in [3.63, 3.8) is 0 Å². The third-order valence-electron chi connectivity index (χ3n) is 7.26. The van der Waals surface area contributed by atoms with Crippen LogP contribution in [0.3, 0.4) is 0 Å². The van der Waals surface area contributed by atoms with Crippen LogP contribution in [0.1, 0.15) is 64.8 Å². The molecule has 0 spiro atoms. The molecule has 1 aromatic heterocycles. The molecular formula is C27H36N2O6S2. The molecule has 202 valence electrons. The maximum atomic E-state index is 13.4. The molecule has 37 heavy (non-hydrogen) atoms. The van der Waals surface area contributed by atoms with Crippen molar-refractivity contribution in [3.05, 3.63) is 45.8 Å². The van der Waals surface area contributed by atoms with Crippen molar-refractivity contribution in [2.75, 3.05) is 30.0 Å². The second-order valence-electron chi connectivity index (χ2n) is 11.1. The predicted molar refractivity (Wildman–Crippen MR) is 146 cm³/mol. The quantitative estimate of drug-likeness (QED) is 0.410. The number of amides is 1. The molecule has 4 rings (SSSR count). The average molecular weight is 549 g/mol. The lowest BCUT2D eigenvalue weighted by molar-refractivity contribution is 0.0940. The van der Waals surface area contributed by atoms with Gasteiger partial charge in [-0.1, -0.05) is 32.9 Å². The number of para-hydroxylation sites is 1. The second-order valence-corrected chi connectivity index (χ2v) is 14.4.